The summed E-state index contributed by atoms with van der Waals surface area (Å²) in [6, 6.07) is 2.45. The average molecular weight is 300 g/mol. The number of rotatable bonds is 4. The van der Waals surface area contributed by atoms with E-state index in [0.29, 0.717) is 13.2 Å². The molecule has 0 aliphatic carbocycles. The van der Waals surface area contributed by atoms with E-state index in [-0.39, 0.29) is 23.2 Å². The van der Waals surface area contributed by atoms with E-state index in [0.717, 1.165) is 12.6 Å². The molecule has 1 aliphatic rings. The number of aromatic carboxylic acids is 1. The van der Waals surface area contributed by atoms with Gasteiger partial charge in [0, 0.05) is 19.3 Å². The monoisotopic (exact) mass is 300 g/mol. The smallest absolute Gasteiger partial charge is 0.337 e. The van der Waals surface area contributed by atoms with Crippen molar-refractivity contribution < 1.29 is 23.1 Å². The Morgan fingerprint density at radius 2 is 2.30 bits per heavy atom. The largest absolute Gasteiger partial charge is 0.478 e. The second-order valence-electron chi connectivity index (χ2n) is 4.45. The zero-order valence-corrected chi connectivity index (χ0v) is 11.8. The number of carboxylic acids is 1. The van der Waals surface area contributed by atoms with Crippen LogP contribution in [0.1, 0.15) is 23.7 Å². The molecule has 0 spiro atoms. The predicted octanol–water partition coefficient (Wildman–Crippen LogP) is 0.579. The van der Waals surface area contributed by atoms with Gasteiger partial charge in [-0.05, 0) is 18.6 Å². The molecule has 1 unspecified atom stereocenters. The van der Waals surface area contributed by atoms with Gasteiger partial charge in [0.1, 0.15) is 0 Å². The van der Waals surface area contributed by atoms with Gasteiger partial charge in [-0.1, -0.05) is 6.92 Å². The third kappa shape index (κ3) is 2.97. The van der Waals surface area contributed by atoms with Crippen LogP contribution in [0.2, 0.25) is 0 Å². The van der Waals surface area contributed by atoms with Gasteiger partial charge in [-0.15, -0.1) is 0 Å². The second-order valence-corrected chi connectivity index (χ2v) is 6.34. The van der Waals surface area contributed by atoms with E-state index in [4.69, 9.17) is 9.84 Å². The molecule has 1 saturated heterocycles. The van der Waals surface area contributed by atoms with Crippen LogP contribution in [-0.4, -0.2) is 54.6 Å². The summed E-state index contributed by atoms with van der Waals surface area (Å²) in [5, 5.41) is 8.64. The molecule has 0 saturated carbocycles. The van der Waals surface area contributed by atoms with E-state index in [1.807, 2.05) is 6.92 Å². The predicted molar refractivity (Wildman–Crippen MR) is 70.0 cm³/mol. The zero-order valence-electron chi connectivity index (χ0n) is 11.0. The Morgan fingerprint density at radius 3 is 2.85 bits per heavy atom. The standard InChI is InChI=1S/C12H16N2O5S/c1-2-10-8-14(5-6-19-10)20(17,18)11-4-3-9(7-13-11)12(15)16/h3-4,7,10H,2,5-6,8H2,1H3,(H,15,16). The molecule has 0 amide bonds. The van der Waals surface area contributed by atoms with Crippen molar-refractivity contribution in [3.05, 3.63) is 23.9 Å². The molecule has 1 aliphatic heterocycles. The average Bonchev–Trinajstić information content (AvgIpc) is 2.47. The summed E-state index contributed by atoms with van der Waals surface area (Å²) in [5.41, 5.74) is -0.0441. The first-order chi connectivity index (χ1) is 9.45. The molecule has 2 rings (SSSR count). The first kappa shape index (κ1) is 14.9. The summed E-state index contributed by atoms with van der Waals surface area (Å²) in [7, 11) is -3.70. The molecular formula is C12H16N2O5S. The van der Waals surface area contributed by atoms with Crippen LogP contribution in [0.25, 0.3) is 0 Å². The van der Waals surface area contributed by atoms with Crippen LogP contribution in [0.4, 0.5) is 0 Å². The van der Waals surface area contributed by atoms with Crippen molar-refractivity contribution >= 4 is 16.0 Å². The van der Waals surface area contributed by atoms with E-state index in [9.17, 15) is 13.2 Å². The summed E-state index contributed by atoms with van der Waals surface area (Å²) < 4.78 is 31.5. The van der Waals surface area contributed by atoms with Crippen molar-refractivity contribution in [2.75, 3.05) is 19.7 Å². The fraction of sp³-hybridized carbons (Fsp3) is 0.500. The topological polar surface area (TPSA) is 96.8 Å². The highest BCUT2D eigenvalue weighted by molar-refractivity contribution is 7.89. The SMILES string of the molecule is CCC1CN(S(=O)(=O)c2ccc(C(=O)O)cn2)CCO1. The highest BCUT2D eigenvalue weighted by Crippen LogP contribution is 2.18. The molecule has 0 bridgehead atoms. The summed E-state index contributed by atoms with van der Waals surface area (Å²) >= 11 is 0. The maximum atomic E-state index is 12.4. The van der Waals surface area contributed by atoms with Gasteiger partial charge in [-0.3, -0.25) is 0 Å². The van der Waals surface area contributed by atoms with Gasteiger partial charge in [0.15, 0.2) is 5.03 Å². The molecule has 1 atom stereocenters. The van der Waals surface area contributed by atoms with E-state index >= 15 is 0 Å². The quantitative estimate of drug-likeness (QED) is 0.873. The normalized spacial score (nSPS) is 20.8. The Bertz CT molecular complexity index is 584. The lowest BCUT2D eigenvalue weighted by molar-refractivity contribution is -0.00284. The molecule has 1 aromatic heterocycles. The fourth-order valence-electron chi connectivity index (χ4n) is 1.95. The summed E-state index contributed by atoms with van der Waals surface area (Å²) in [6.07, 6.45) is 1.67. The Morgan fingerprint density at radius 1 is 1.55 bits per heavy atom. The van der Waals surface area contributed by atoms with Crippen molar-refractivity contribution in [1.82, 2.24) is 9.29 Å². The van der Waals surface area contributed by atoms with Crippen LogP contribution in [0.15, 0.2) is 23.4 Å². The number of morpholine rings is 1. The third-order valence-electron chi connectivity index (χ3n) is 3.14. The summed E-state index contributed by atoms with van der Waals surface area (Å²) in [5.74, 6) is -1.14. The van der Waals surface area contributed by atoms with Gasteiger partial charge in [0.05, 0.1) is 18.3 Å². The van der Waals surface area contributed by atoms with Crippen LogP contribution in [-0.2, 0) is 14.8 Å². The molecule has 20 heavy (non-hydrogen) atoms. The maximum absolute atomic E-state index is 12.4. The van der Waals surface area contributed by atoms with E-state index < -0.39 is 16.0 Å². The van der Waals surface area contributed by atoms with E-state index in [1.165, 1.54) is 16.4 Å². The number of hydrogen-bond acceptors (Lipinski definition) is 5. The number of nitrogens with zero attached hydrogens (tertiary/aromatic N) is 2. The van der Waals surface area contributed by atoms with Gasteiger partial charge in [0.25, 0.3) is 10.0 Å². The highest BCUT2D eigenvalue weighted by Gasteiger charge is 2.31. The highest BCUT2D eigenvalue weighted by atomic mass is 32.2. The lowest BCUT2D eigenvalue weighted by Crippen LogP contribution is -2.45. The van der Waals surface area contributed by atoms with Crippen LogP contribution in [0.3, 0.4) is 0 Å². The van der Waals surface area contributed by atoms with Gasteiger partial charge >= 0.3 is 5.97 Å². The number of hydrogen-bond donors (Lipinski definition) is 1. The minimum atomic E-state index is -3.70. The van der Waals surface area contributed by atoms with Gasteiger partial charge in [-0.25, -0.2) is 18.2 Å². The minimum Gasteiger partial charge on any atom is -0.478 e. The Hall–Kier alpha value is -1.51. The van der Waals surface area contributed by atoms with Crippen molar-refractivity contribution in [1.29, 1.82) is 0 Å². The molecule has 1 N–H and O–H groups in total. The van der Waals surface area contributed by atoms with E-state index in [1.54, 1.807) is 0 Å². The van der Waals surface area contributed by atoms with E-state index in [2.05, 4.69) is 4.98 Å². The van der Waals surface area contributed by atoms with Crippen LogP contribution < -0.4 is 0 Å². The summed E-state index contributed by atoms with van der Waals surface area (Å²) in [4.78, 5) is 14.5. The van der Waals surface area contributed by atoms with Crippen molar-refractivity contribution in [2.24, 2.45) is 0 Å². The lowest BCUT2D eigenvalue weighted by Gasteiger charge is -2.31. The van der Waals surface area contributed by atoms with Gasteiger partial charge < -0.3 is 9.84 Å². The number of carbonyl (C=O) groups is 1. The molecular weight excluding hydrogens is 284 g/mol. The number of aromatic nitrogens is 1. The number of pyridine rings is 1. The first-order valence-electron chi connectivity index (χ1n) is 6.26. The molecule has 0 aromatic carbocycles. The molecule has 1 fully saturated rings. The molecule has 1 aromatic rings. The lowest BCUT2D eigenvalue weighted by atomic mass is 10.2. The first-order valence-corrected chi connectivity index (χ1v) is 7.70. The third-order valence-corrected chi connectivity index (χ3v) is 4.93. The van der Waals surface area contributed by atoms with Crippen LogP contribution >= 0.6 is 0 Å². The molecule has 2 heterocycles. The van der Waals surface area contributed by atoms with Crippen molar-refractivity contribution in [3.63, 3.8) is 0 Å². The maximum Gasteiger partial charge on any atom is 0.337 e. The second kappa shape index (κ2) is 5.86. The fourth-order valence-corrected chi connectivity index (χ4v) is 3.32. The van der Waals surface area contributed by atoms with Gasteiger partial charge in [-0.2, -0.15) is 4.31 Å². The minimum absolute atomic E-state index is 0.0441. The van der Waals surface area contributed by atoms with Crippen LogP contribution in [0.5, 0.6) is 0 Å². The molecule has 7 nitrogen and oxygen atoms in total. The Kier molecular flexibility index (Phi) is 4.36. The number of carboxylic acid groups (broad SMARTS) is 1. The van der Waals surface area contributed by atoms with Crippen LogP contribution in [0, 0.1) is 0 Å². The Labute approximate surface area is 117 Å². The van der Waals surface area contributed by atoms with Crippen molar-refractivity contribution in [2.45, 2.75) is 24.5 Å². The molecule has 8 heteroatoms. The molecule has 110 valence electrons. The summed E-state index contributed by atoms with van der Waals surface area (Å²) in [6.45, 7) is 2.86. The Balaban J connectivity index is 2.23. The molecule has 0 radical (unpaired) electrons. The number of sulfonamides is 1. The number of ether oxygens (including phenoxy) is 1. The van der Waals surface area contributed by atoms with Crippen molar-refractivity contribution in [3.8, 4) is 0 Å². The zero-order chi connectivity index (χ0) is 14.8. The van der Waals surface area contributed by atoms with Gasteiger partial charge in [0.2, 0.25) is 0 Å².